The van der Waals surface area contributed by atoms with Crippen LogP contribution in [0.2, 0.25) is 10.0 Å². The van der Waals surface area contributed by atoms with Crippen LogP contribution in [0.3, 0.4) is 0 Å². The highest BCUT2D eigenvalue weighted by atomic mass is 35.5. The molecule has 1 aliphatic heterocycles. The molecule has 6 heteroatoms. The molecule has 168 valence electrons. The van der Waals surface area contributed by atoms with Crippen LogP contribution in [-0.2, 0) is 4.79 Å². The maximum Gasteiger partial charge on any atom is 0.266 e. The summed E-state index contributed by atoms with van der Waals surface area (Å²) >= 11 is 12.7. The molecule has 2 aromatic rings. The third-order valence-electron chi connectivity index (χ3n) is 6.06. The van der Waals surface area contributed by atoms with E-state index in [1.807, 2.05) is 31.2 Å². The van der Waals surface area contributed by atoms with E-state index in [4.69, 9.17) is 23.2 Å². The summed E-state index contributed by atoms with van der Waals surface area (Å²) in [5.74, 6) is -0.153. The van der Waals surface area contributed by atoms with E-state index in [0.29, 0.717) is 27.2 Å². The van der Waals surface area contributed by atoms with Gasteiger partial charge in [0.1, 0.15) is 11.6 Å². The number of rotatable bonds is 5. The summed E-state index contributed by atoms with van der Waals surface area (Å²) in [7, 11) is 0. The summed E-state index contributed by atoms with van der Waals surface area (Å²) < 4.78 is 0. The van der Waals surface area contributed by atoms with Crippen molar-refractivity contribution in [2.45, 2.75) is 58.9 Å². The van der Waals surface area contributed by atoms with Crippen molar-refractivity contribution in [3.05, 3.63) is 62.6 Å². The largest absolute Gasteiger partial charge is 0.366 e. The number of nitrogens with one attached hydrogen (secondary N) is 1. The van der Waals surface area contributed by atoms with Crippen LogP contribution in [0.4, 0.5) is 11.4 Å². The minimum Gasteiger partial charge on any atom is -0.366 e. The first kappa shape index (κ1) is 24.2. The van der Waals surface area contributed by atoms with E-state index in [2.05, 4.69) is 37.9 Å². The van der Waals surface area contributed by atoms with Crippen LogP contribution in [0.15, 0.2) is 35.9 Å². The first-order valence-corrected chi connectivity index (χ1v) is 11.6. The van der Waals surface area contributed by atoms with Gasteiger partial charge < -0.3 is 10.2 Å². The summed E-state index contributed by atoms with van der Waals surface area (Å²) in [4.78, 5) is 15.2. The zero-order valence-corrected chi connectivity index (χ0v) is 20.7. The van der Waals surface area contributed by atoms with Crippen LogP contribution in [-0.4, -0.2) is 18.0 Å². The topological polar surface area (TPSA) is 56.1 Å². The Morgan fingerprint density at radius 2 is 2.03 bits per heavy atom. The average molecular weight is 470 g/mol. The van der Waals surface area contributed by atoms with Crippen LogP contribution in [0.1, 0.15) is 63.1 Å². The van der Waals surface area contributed by atoms with Gasteiger partial charge in [-0.3, -0.25) is 4.79 Å². The molecule has 0 fully saturated rings. The molecule has 1 atom stereocenters. The second kappa shape index (κ2) is 9.57. The second-order valence-electron chi connectivity index (χ2n) is 9.08. The number of carbonyl (C=O) groups is 1. The molecule has 3 rings (SSSR count). The highest BCUT2D eigenvalue weighted by molar-refractivity contribution is 6.32. The molecule has 4 nitrogen and oxygen atoms in total. The Kier molecular flexibility index (Phi) is 7.22. The Balaban J connectivity index is 1.98. The molecule has 1 N–H and O–H groups in total. The third kappa shape index (κ3) is 4.95. The fraction of sp³-hybridized carbons (Fsp3) is 0.385. The van der Waals surface area contributed by atoms with Gasteiger partial charge in [-0.2, -0.15) is 5.26 Å². The lowest BCUT2D eigenvalue weighted by atomic mass is 9.79. The van der Waals surface area contributed by atoms with E-state index in [0.717, 1.165) is 30.6 Å². The molecule has 1 unspecified atom stereocenters. The van der Waals surface area contributed by atoms with Gasteiger partial charge in [-0.15, -0.1) is 0 Å². The number of aryl methyl sites for hydroxylation is 1. The Hall–Kier alpha value is -2.48. The lowest BCUT2D eigenvalue weighted by Gasteiger charge is -2.47. The average Bonchev–Trinajstić information content (AvgIpc) is 2.72. The van der Waals surface area contributed by atoms with Crippen LogP contribution >= 0.6 is 23.2 Å². The monoisotopic (exact) mass is 469 g/mol. The molecule has 0 radical (unpaired) electrons. The van der Waals surface area contributed by atoms with Gasteiger partial charge in [-0.05, 0) is 86.6 Å². The van der Waals surface area contributed by atoms with Crippen molar-refractivity contribution in [2.24, 2.45) is 0 Å². The number of nitriles is 1. The molecule has 0 saturated carbocycles. The van der Waals surface area contributed by atoms with Gasteiger partial charge >= 0.3 is 0 Å². The molecule has 1 heterocycles. The van der Waals surface area contributed by atoms with Gasteiger partial charge in [0.05, 0.1) is 0 Å². The zero-order valence-electron chi connectivity index (χ0n) is 19.2. The normalized spacial score (nSPS) is 17.5. The fourth-order valence-corrected chi connectivity index (χ4v) is 4.89. The van der Waals surface area contributed by atoms with Gasteiger partial charge in [0.15, 0.2) is 0 Å². The molecule has 0 saturated heterocycles. The van der Waals surface area contributed by atoms with Gasteiger partial charge in [0.25, 0.3) is 5.91 Å². The molecule has 0 aromatic heterocycles. The van der Waals surface area contributed by atoms with E-state index in [-0.39, 0.29) is 11.1 Å². The number of hydrogen-bond acceptors (Lipinski definition) is 3. The highest BCUT2D eigenvalue weighted by Crippen LogP contribution is 2.45. The van der Waals surface area contributed by atoms with Gasteiger partial charge in [0.2, 0.25) is 0 Å². The van der Waals surface area contributed by atoms with E-state index in [9.17, 15) is 10.1 Å². The molecular formula is C26H29Cl2N3O. The number of amides is 1. The standard InChI is InChI=1S/C26H29Cl2N3O/c1-6-9-31-24-13-22(28)18(11-21(24)17(3)14-26(31,4)5)10-19(15-29)25(32)30-23-12-20(27)8-7-16(23)2/h7-8,10-13,17H,6,9,14H2,1-5H3,(H,30,32)/b19-10+. The number of hydrogen-bond donors (Lipinski definition) is 1. The zero-order chi connectivity index (χ0) is 23.6. The van der Waals surface area contributed by atoms with E-state index in [1.54, 1.807) is 18.2 Å². The Bertz CT molecular complexity index is 1110. The molecule has 1 aliphatic rings. The maximum atomic E-state index is 12.8. The van der Waals surface area contributed by atoms with E-state index >= 15 is 0 Å². The lowest BCUT2D eigenvalue weighted by Crippen LogP contribution is -2.48. The Morgan fingerprint density at radius 3 is 2.69 bits per heavy atom. The van der Waals surface area contributed by atoms with Crippen molar-refractivity contribution in [2.75, 3.05) is 16.8 Å². The molecular weight excluding hydrogens is 441 g/mol. The summed E-state index contributed by atoms with van der Waals surface area (Å²) in [6.45, 7) is 11.7. The Labute approximate surface area is 200 Å². The summed E-state index contributed by atoms with van der Waals surface area (Å²) in [6, 6.07) is 11.3. The predicted molar refractivity (Wildman–Crippen MR) is 135 cm³/mol. The predicted octanol–water partition coefficient (Wildman–Crippen LogP) is 7.35. The van der Waals surface area contributed by atoms with Crippen molar-refractivity contribution >= 4 is 46.6 Å². The molecule has 0 aliphatic carbocycles. The van der Waals surface area contributed by atoms with Crippen LogP contribution in [0, 0.1) is 18.3 Å². The van der Waals surface area contributed by atoms with E-state index in [1.165, 1.54) is 5.56 Å². The summed E-state index contributed by atoms with van der Waals surface area (Å²) in [5.41, 5.74) is 4.45. The minimum atomic E-state index is -0.492. The van der Waals surface area contributed by atoms with Crippen molar-refractivity contribution in [1.82, 2.24) is 0 Å². The number of fused-ring (bicyclic) bond motifs is 1. The van der Waals surface area contributed by atoms with Gasteiger partial charge in [-0.25, -0.2) is 0 Å². The fourth-order valence-electron chi connectivity index (χ4n) is 4.50. The van der Waals surface area contributed by atoms with Gasteiger partial charge in [0, 0.05) is 33.5 Å². The number of halogens is 2. The Morgan fingerprint density at radius 1 is 1.31 bits per heavy atom. The highest BCUT2D eigenvalue weighted by Gasteiger charge is 2.36. The smallest absolute Gasteiger partial charge is 0.266 e. The van der Waals surface area contributed by atoms with Crippen molar-refractivity contribution in [1.29, 1.82) is 5.26 Å². The number of benzene rings is 2. The van der Waals surface area contributed by atoms with Crippen molar-refractivity contribution in [3.8, 4) is 6.07 Å². The molecule has 32 heavy (non-hydrogen) atoms. The minimum absolute atomic E-state index is 0.0135. The number of nitrogens with zero attached hydrogens (tertiary/aromatic N) is 2. The number of carbonyl (C=O) groups excluding carboxylic acids is 1. The van der Waals surface area contributed by atoms with Gasteiger partial charge in [-0.1, -0.05) is 43.1 Å². The summed E-state index contributed by atoms with van der Waals surface area (Å²) in [6.07, 6.45) is 3.62. The van der Waals surface area contributed by atoms with Crippen molar-refractivity contribution < 1.29 is 4.79 Å². The SMILES string of the molecule is CCCN1c2cc(Cl)c(/C=C(\C#N)C(=O)Nc3cc(Cl)ccc3C)cc2C(C)CC1(C)C. The quantitative estimate of drug-likeness (QED) is 0.367. The number of anilines is 2. The summed E-state index contributed by atoms with van der Waals surface area (Å²) in [5, 5.41) is 13.5. The first-order valence-electron chi connectivity index (χ1n) is 10.9. The van der Waals surface area contributed by atoms with Crippen LogP contribution < -0.4 is 10.2 Å². The molecule has 1 amide bonds. The maximum absolute atomic E-state index is 12.8. The van der Waals surface area contributed by atoms with Crippen LogP contribution in [0.5, 0.6) is 0 Å². The van der Waals surface area contributed by atoms with Crippen LogP contribution in [0.25, 0.3) is 6.08 Å². The third-order valence-corrected chi connectivity index (χ3v) is 6.63. The lowest BCUT2D eigenvalue weighted by molar-refractivity contribution is -0.112. The van der Waals surface area contributed by atoms with E-state index < -0.39 is 5.91 Å². The first-order chi connectivity index (χ1) is 15.1. The molecule has 0 bridgehead atoms. The molecule has 2 aromatic carbocycles. The molecule has 0 spiro atoms. The van der Waals surface area contributed by atoms with Crippen molar-refractivity contribution in [3.63, 3.8) is 0 Å². The second-order valence-corrected chi connectivity index (χ2v) is 9.93.